The zero-order valence-electron chi connectivity index (χ0n) is 8.24. The molecule has 1 rings (SSSR count). The molecule has 0 radical (unpaired) electrons. The summed E-state index contributed by atoms with van der Waals surface area (Å²) in [5.74, 6) is -0.626. The molecule has 6 heteroatoms. The van der Waals surface area contributed by atoms with E-state index in [1.807, 2.05) is 0 Å². The van der Waals surface area contributed by atoms with Crippen molar-refractivity contribution < 1.29 is 68.7 Å². The maximum absolute atomic E-state index is 12.6. The Labute approximate surface area is 123 Å². The van der Waals surface area contributed by atoms with Gasteiger partial charge in [-0.25, -0.2) is 4.39 Å². The van der Waals surface area contributed by atoms with Crippen molar-refractivity contribution in [1.82, 2.24) is 0 Å². The Hall–Kier alpha value is 0.641. The van der Waals surface area contributed by atoms with Gasteiger partial charge in [0.1, 0.15) is 5.82 Å². The number of rotatable bonds is 1. The van der Waals surface area contributed by atoms with E-state index in [4.69, 9.17) is 0 Å². The summed E-state index contributed by atoms with van der Waals surface area (Å²) in [6.45, 7) is -2.51. The third-order valence-corrected chi connectivity index (χ3v) is 1.89. The van der Waals surface area contributed by atoms with Gasteiger partial charge in [0.05, 0.1) is 0 Å². The second kappa shape index (κ2) is 5.12. The van der Waals surface area contributed by atoms with Gasteiger partial charge in [-0.3, -0.25) is 0 Å². The van der Waals surface area contributed by atoms with Crippen LogP contribution in [0.4, 0.5) is 17.3 Å². The van der Waals surface area contributed by atoms with Gasteiger partial charge in [-0.15, -0.1) is 5.46 Å². The molecular formula is C8H8BF4K. The number of aryl methyl sites for hydroxylation is 2. The first-order valence-electron chi connectivity index (χ1n) is 3.79. The van der Waals surface area contributed by atoms with Crippen molar-refractivity contribution in [3.05, 3.63) is 29.1 Å². The molecular weight excluding hydrogens is 222 g/mol. The number of benzene rings is 1. The van der Waals surface area contributed by atoms with E-state index >= 15 is 0 Å². The van der Waals surface area contributed by atoms with Gasteiger partial charge in [0.25, 0.3) is 0 Å². The van der Waals surface area contributed by atoms with E-state index in [9.17, 15) is 17.3 Å². The van der Waals surface area contributed by atoms with Crippen molar-refractivity contribution in [3.63, 3.8) is 0 Å². The molecule has 0 aromatic heterocycles. The van der Waals surface area contributed by atoms with Gasteiger partial charge in [0.2, 0.25) is 0 Å². The second-order valence-electron chi connectivity index (χ2n) is 3.03. The normalized spacial score (nSPS) is 11.0. The fourth-order valence-corrected chi connectivity index (χ4v) is 1.44. The summed E-state index contributed by atoms with van der Waals surface area (Å²) in [4.78, 5) is 0. The van der Waals surface area contributed by atoms with Crippen molar-refractivity contribution in [2.24, 2.45) is 0 Å². The molecule has 0 amide bonds. The summed E-state index contributed by atoms with van der Waals surface area (Å²) in [5, 5.41) is 0. The summed E-state index contributed by atoms with van der Waals surface area (Å²) in [6, 6.07) is 1.80. The zero-order valence-corrected chi connectivity index (χ0v) is 11.4. The van der Waals surface area contributed by atoms with Gasteiger partial charge in [-0.1, -0.05) is 11.1 Å². The van der Waals surface area contributed by atoms with Crippen LogP contribution in [0.15, 0.2) is 12.1 Å². The SMILES string of the molecule is Cc1cc(F)cc(C)c1[B-](F)(F)F.[K+]. The summed E-state index contributed by atoms with van der Waals surface area (Å²) < 4.78 is 49.8. The Bertz CT molecular complexity index is 312. The van der Waals surface area contributed by atoms with E-state index in [0.29, 0.717) is 0 Å². The first-order chi connectivity index (χ1) is 5.82. The van der Waals surface area contributed by atoms with Crippen LogP contribution in [0.5, 0.6) is 0 Å². The van der Waals surface area contributed by atoms with Crippen LogP contribution in [0.2, 0.25) is 0 Å². The fraction of sp³-hybridized carbons (Fsp3) is 0.250. The van der Waals surface area contributed by atoms with Crippen LogP contribution in [0.25, 0.3) is 0 Å². The zero-order chi connectivity index (χ0) is 10.2. The molecule has 0 aliphatic carbocycles. The predicted molar refractivity (Wildman–Crippen MR) is 44.6 cm³/mol. The summed E-state index contributed by atoms with van der Waals surface area (Å²) in [7, 11) is 0. The third kappa shape index (κ3) is 3.34. The van der Waals surface area contributed by atoms with Crippen LogP contribution >= 0.6 is 0 Å². The van der Waals surface area contributed by atoms with Gasteiger partial charge in [0.15, 0.2) is 0 Å². The Morgan fingerprint density at radius 3 is 1.64 bits per heavy atom. The monoisotopic (exact) mass is 230 g/mol. The number of hydrogen-bond acceptors (Lipinski definition) is 0. The smallest absolute Gasteiger partial charge is 0.445 e. The second-order valence-corrected chi connectivity index (χ2v) is 3.03. The van der Waals surface area contributed by atoms with Crippen molar-refractivity contribution in [2.45, 2.75) is 13.8 Å². The van der Waals surface area contributed by atoms with Gasteiger partial charge in [-0.05, 0) is 26.0 Å². The maximum atomic E-state index is 12.6. The standard InChI is InChI=1S/C8H8BF4.K/c1-5-3-7(10)4-6(2)8(5)9(11,12)13;/h3-4H,1-2H3;/q-1;+1. The molecule has 0 saturated carbocycles. The van der Waals surface area contributed by atoms with E-state index in [-0.39, 0.29) is 62.5 Å². The summed E-state index contributed by atoms with van der Waals surface area (Å²) in [5.41, 5.74) is -0.781. The van der Waals surface area contributed by atoms with Crippen LogP contribution in [-0.4, -0.2) is 6.98 Å². The number of hydrogen-bond donors (Lipinski definition) is 0. The van der Waals surface area contributed by atoms with Crippen LogP contribution in [0.1, 0.15) is 11.1 Å². The van der Waals surface area contributed by atoms with E-state index in [1.54, 1.807) is 0 Å². The van der Waals surface area contributed by atoms with Gasteiger partial charge >= 0.3 is 58.4 Å². The minimum atomic E-state index is -5.04. The Morgan fingerprint density at radius 1 is 1.00 bits per heavy atom. The maximum Gasteiger partial charge on any atom is 1.00 e. The molecule has 0 unspecified atom stereocenters. The molecule has 0 bridgehead atoms. The molecule has 0 aliphatic rings. The Kier molecular flexibility index (Phi) is 5.35. The van der Waals surface area contributed by atoms with Gasteiger partial charge < -0.3 is 12.9 Å². The fourth-order valence-electron chi connectivity index (χ4n) is 1.44. The third-order valence-electron chi connectivity index (χ3n) is 1.89. The first-order valence-corrected chi connectivity index (χ1v) is 3.79. The van der Waals surface area contributed by atoms with E-state index in [0.717, 1.165) is 12.1 Å². The molecule has 1 aromatic rings. The molecule has 14 heavy (non-hydrogen) atoms. The Morgan fingerprint density at radius 2 is 1.36 bits per heavy atom. The average Bonchev–Trinajstić information content (AvgIpc) is 1.78. The number of halogens is 4. The molecule has 0 atom stereocenters. The molecule has 0 aliphatic heterocycles. The first kappa shape index (κ1) is 14.6. The molecule has 0 saturated heterocycles. The molecule has 0 nitrogen and oxygen atoms in total. The van der Waals surface area contributed by atoms with Gasteiger partial charge in [-0.2, -0.15) is 0 Å². The predicted octanol–water partition coefficient (Wildman–Crippen LogP) is -0.499. The molecule has 0 N–H and O–H groups in total. The van der Waals surface area contributed by atoms with Crippen LogP contribution < -0.4 is 56.8 Å². The van der Waals surface area contributed by atoms with E-state index < -0.39 is 18.3 Å². The van der Waals surface area contributed by atoms with Crippen molar-refractivity contribution in [3.8, 4) is 0 Å². The van der Waals surface area contributed by atoms with Crippen molar-refractivity contribution >= 4 is 12.4 Å². The minimum Gasteiger partial charge on any atom is -0.445 e. The van der Waals surface area contributed by atoms with E-state index in [2.05, 4.69) is 0 Å². The molecule has 0 spiro atoms. The van der Waals surface area contributed by atoms with Crippen LogP contribution in [0, 0.1) is 19.7 Å². The molecule has 72 valence electrons. The topological polar surface area (TPSA) is 0 Å². The average molecular weight is 230 g/mol. The molecule has 1 aromatic carbocycles. The summed E-state index contributed by atoms with van der Waals surface area (Å²) in [6.07, 6.45) is 0. The molecule has 0 fully saturated rings. The van der Waals surface area contributed by atoms with Crippen molar-refractivity contribution in [2.75, 3.05) is 0 Å². The largest absolute Gasteiger partial charge is 1.00 e. The quantitative estimate of drug-likeness (QED) is 0.450. The van der Waals surface area contributed by atoms with Crippen molar-refractivity contribution in [1.29, 1.82) is 0 Å². The van der Waals surface area contributed by atoms with Crippen LogP contribution in [0.3, 0.4) is 0 Å². The molecule has 0 heterocycles. The minimum absolute atomic E-state index is 0. The Balaban J connectivity index is 0.00000169. The summed E-state index contributed by atoms with van der Waals surface area (Å²) >= 11 is 0. The van der Waals surface area contributed by atoms with E-state index in [1.165, 1.54) is 13.8 Å². The van der Waals surface area contributed by atoms with Gasteiger partial charge in [0, 0.05) is 0 Å². The van der Waals surface area contributed by atoms with Crippen LogP contribution in [-0.2, 0) is 0 Å².